The van der Waals surface area contributed by atoms with E-state index in [9.17, 15) is 9.18 Å². The smallest absolute Gasteiger partial charge is 0.285 e. The van der Waals surface area contributed by atoms with Crippen LogP contribution in [0.3, 0.4) is 0 Å². The lowest BCUT2D eigenvalue weighted by molar-refractivity contribution is 0.0948. The second kappa shape index (κ2) is 5.78. The van der Waals surface area contributed by atoms with Gasteiger partial charge in [0.15, 0.2) is 5.69 Å². The summed E-state index contributed by atoms with van der Waals surface area (Å²) in [5, 5.41) is 7.97. The van der Waals surface area contributed by atoms with Crippen LogP contribution in [0.25, 0.3) is 11.4 Å². The number of carbonyl (C=O) groups is 1. The van der Waals surface area contributed by atoms with Crippen LogP contribution in [0, 0.1) is 5.82 Å². The summed E-state index contributed by atoms with van der Waals surface area (Å²) in [6.45, 7) is 0.146. The van der Waals surface area contributed by atoms with Crippen LogP contribution < -0.4 is 11.3 Å². The third-order valence-electron chi connectivity index (χ3n) is 3.12. The molecule has 0 unspecified atom stereocenters. The maximum absolute atomic E-state index is 13.8. The van der Waals surface area contributed by atoms with E-state index in [1.165, 1.54) is 23.1 Å². The third-order valence-corrected chi connectivity index (χ3v) is 3.12. The number of hydrogen-bond acceptors (Lipinski definition) is 5. The van der Waals surface area contributed by atoms with E-state index in [4.69, 9.17) is 10.4 Å². The van der Waals surface area contributed by atoms with Gasteiger partial charge in [-0.05, 0) is 12.1 Å². The maximum atomic E-state index is 13.8. The summed E-state index contributed by atoms with van der Waals surface area (Å²) < 4.78 is 20.1. The van der Waals surface area contributed by atoms with Gasteiger partial charge in [0.1, 0.15) is 17.8 Å². The van der Waals surface area contributed by atoms with Crippen LogP contribution in [0.15, 0.2) is 47.2 Å². The number of nitrogens with zero attached hydrogens (tertiary/aromatic N) is 3. The molecule has 0 atom stereocenters. The summed E-state index contributed by atoms with van der Waals surface area (Å²) in [5.74, 6) is 4.22. The van der Waals surface area contributed by atoms with Crippen LogP contribution in [-0.4, -0.2) is 20.8 Å². The first kappa shape index (κ1) is 14.0. The van der Waals surface area contributed by atoms with E-state index in [0.717, 1.165) is 0 Å². The van der Waals surface area contributed by atoms with Crippen molar-refractivity contribution in [2.24, 2.45) is 5.84 Å². The zero-order chi connectivity index (χ0) is 15.5. The fourth-order valence-electron chi connectivity index (χ4n) is 2.06. The molecular formula is C14H12FN5O2. The lowest BCUT2D eigenvalue weighted by Gasteiger charge is -2.06. The van der Waals surface area contributed by atoms with Crippen molar-refractivity contribution >= 4 is 5.91 Å². The maximum Gasteiger partial charge on any atom is 0.285 e. The lowest BCUT2D eigenvalue weighted by atomic mass is 10.2. The van der Waals surface area contributed by atoms with E-state index in [1.54, 1.807) is 24.3 Å². The Morgan fingerprint density at radius 1 is 1.36 bits per heavy atom. The molecule has 2 heterocycles. The Labute approximate surface area is 124 Å². The van der Waals surface area contributed by atoms with Crippen molar-refractivity contribution in [3.8, 4) is 11.4 Å². The van der Waals surface area contributed by atoms with Gasteiger partial charge in [0, 0.05) is 11.6 Å². The predicted molar refractivity (Wildman–Crippen MR) is 74.9 cm³/mol. The predicted octanol–water partition coefficient (Wildman–Crippen LogP) is 1.33. The van der Waals surface area contributed by atoms with Crippen LogP contribution >= 0.6 is 0 Å². The zero-order valence-corrected chi connectivity index (χ0v) is 11.4. The van der Waals surface area contributed by atoms with E-state index in [0.29, 0.717) is 17.0 Å². The van der Waals surface area contributed by atoms with E-state index >= 15 is 0 Å². The van der Waals surface area contributed by atoms with Gasteiger partial charge in [0.25, 0.3) is 5.91 Å². The van der Waals surface area contributed by atoms with Crippen LogP contribution in [0.5, 0.6) is 0 Å². The van der Waals surface area contributed by atoms with Crippen molar-refractivity contribution in [1.82, 2.24) is 20.4 Å². The standard InChI is InChI=1S/C14H12FN5O2/c15-10-4-2-1-3-9(10)8-20-13(11-5-6-22-19-11)7-12(18-20)14(21)17-16/h1-7H,8,16H2,(H,17,21). The van der Waals surface area contributed by atoms with Crippen LogP contribution in [0.1, 0.15) is 16.1 Å². The number of amides is 1. The highest BCUT2D eigenvalue weighted by atomic mass is 19.1. The van der Waals surface area contributed by atoms with E-state index in [-0.39, 0.29) is 18.1 Å². The lowest BCUT2D eigenvalue weighted by Crippen LogP contribution is -2.30. The minimum absolute atomic E-state index is 0.108. The summed E-state index contributed by atoms with van der Waals surface area (Å²) in [7, 11) is 0. The molecule has 0 fully saturated rings. The molecule has 0 radical (unpaired) electrons. The van der Waals surface area contributed by atoms with Crippen molar-refractivity contribution in [2.45, 2.75) is 6.54 Å². The number of nitrogens with two attached hydrogens (primary N) is 1. The van der Waals surface area contributed by atoms with Gasteiger partial charge < -0.3 is 4.52 Å². The SMILES string of the molecule is NNC(=O)c1cc(-c2ccon2)n(Cc2ccccc2F)n1. The topological polar surface area (TPSA) is 99.0 Å². The minimum atomic E-state index is -0.544. The minimum Gasteiger partial charge on any atom is -0.364 e. The van der Waals surface area contributed by atoms with Crippen molar-refractivity contribution in [3.63, 3.8) is 0 Å². The molecule has 0 bridgehead atoms. The molecule has 3 aromatic rings. The van der Waals surface area contributed by atoms with E-state index in [2.05, 4.69) is 10.3 Å². The largest absolute Gasteiger partial charge is 0.364 e. The van der Waals surface area contributed by atoms with Gasteiger partial charge in [-0.15, -0.1) is 0 Å². The number of carbonyl (C=O) groups excluding carboxylic acids is 1. The zero-order valence-electron chi connectivity index (χ0n) is 11.4. The number of nitrogen functional groups attached to an aromatic ring is 1. The quantitative estimate of drug-likeness (QED) is 0.430. The second-order valence-corrected chi connectivity index (χ2v) is 4.52. The van der Waals surface area contributed by atoms with Gasteiger partial charge in [-0.2, -0.15) is 5.10 Å². The molecule has 1 amide bonds. The number of benzene rings is 1. The van der Waals surface area contributed by atoms with Crippen molar-refractivity contribution in [3.05, 3.63) is 59.7 Å². The highest BCUT2D eigenvalue weighted by Gasteiger charge is 2.17. The highest BCUT2D eigenvalue weighted by Crippen LogP contribution is 2.20. The van der Waals surface area contributed by atoms with Crippen molar-refractivity contribution in [2.75, 3.05) is 0 Å². The van der Waals surface area contributed by atoms with Gasteiger partial charge in [-0.3, -0.25) is 14.9 Å². The van der Waals surface area contributed by atoms with Crippen LogP contribution in [0.4, 0.5) is 4.39 Å². The Morgan fingerprint density at radius 2 is 2.18 bits per heavy atom. The van der Waals surface area contributed by atoms with Gasteiger partial charge in [0.2, 0.25) is 0 Å². The molecule has 0 saturated heterocycles. The van der Waals surface area contributed by atoms with Crippen molar-refractivity contribution < 1.29 is 13.7 Å². The molecule has 7 nitrogen and oxygen atoms in total. The molecule has 112 valence electrons. The molecule has 2 aromatic heterocycles. The van der Waals surface area contributed by atoms with Gasteiger partial charge in [-0.1, -0.05) is 23.4 Å². The number of hydrazine groups is 1. The Bertz CT molecular complexity index is 797. The number of hydrogen-bond donors (Lipinski definition) is 2. The molecule has 0 aliphatic rings. The number of halogens is 1. The van der Waals surface area contributed by atoms with Gasteiger partial charge in [0.05, 0.1) is 12.2 Å². The summed E-state index contributed by atoms with van der Waals surface area (Å²) >= 11 is 0. The highest BCUT2D eigenvalue weighted by molar-refractivity contribution is 5.92. The number of nitrogens with one attached hydrogen (secondary N) is 1. The molecule has 3 rings (SSSR count). The summed E-state index contributed by atoms with van der Waals surface area (Å²) in [6.07, 6.45) is 1.40. The van der Waals surface area contributed by atoms with E-state index < -0.39 is 5.91 Å². The molecule has 8 heteroatoms. The molecule has 0 aliphatic heterocycles. The fraction of sp³-hybridized carbons (Fsp3) is 0.0714. The summed E-state index contributed by atoms with van der Waals surface area (Å²) in [5.41, 5.74) is 3.57. The number of rotatable bonds is 4. The fourth-order valence-corrected chi connectivity index (χ4v) is 2.06. The Hall–Kier alpha value is -3.00. The molecule has 1 aromatic carbocycles. The van der Waals surface area contributed by atoms with Crippen LogP contribution in [0.2, 0.25) is 0 Å². The normalized spacial score (nSPS) is 10.6. The average molecular weight is 301 g/mol. The Morgan fingerprint density at radius 3 is 2.86 bits per heavy atom. The molecule has 3 N–H and O–H groups in total. The van der Waals surface area contributed by atoms with Gasteiger partial charge in [-0.25, -0.2) is 10.2 Å². The molecule has 0 saturated carbocycles. The van der Waals surface area contributed by atoms with E-state index in [1.807, 2.05) is 5.43 Å². The second-order valence-electron chi connectivity index (χ2n) is 4.52. The monoisotopic (exact) mass is 301 g/mol. The number of aromatic nitrogens is 3. The first-order valence-electron chi connectivity index (χ1n) is 6.42. The first-order chi connectivity index (χ1) is 10.7. The Kier molecular flexibility index (Phi) is 3.67. The average Bonchev–Trinajstić information content (AvgIpc) is 3.18. The van der Waals surface area contributed by atoms with Crippen LogP contribution in [-0.2, 0) is 6.54 Å². The molecule has 0 aliphatic carbocycles. The summed E-state index contributed by atoms with van der Waals surface area (Å²) in [4.78, 5) is 11.6. The molecular weight excluding hydrogens is 289 g/mol. The molecule has 0 spiro atoms. The molecule has 22 heavy (non-hydrogen) atoms. The first-order valence-corrected chi connectivity index (χ1v) is 6.42. The third kappa shape index (κ3) is 2.59. The Balaban J connectivity index is 2.04. The van der Waals surface area contributed by atoms with Crippen molar-refractivity contribution in [1.29, 1.82) is 0 Å². The summed E-state index contributed by atoms with van der Waals surface area (Å²) in [6, 6.07) is 9.48. The van der Waals surface area contributed by atoms with Gasteiger partial charge >= 0.3 is 0 Å².